The largest absolute Gasteiger partial charge is 0.497 e. The van der Waals surface area contributed by atoms with Crippen LogP contribution in [0.4, 0.5) is 5.69 Å². The number of esters is 1. The number of para-hydroxylation sites is 1. The molecule has 1 aliphatic rings. The van der Waals surface area contributed by atoms with E-state index in [9.17, 15) is 9.59 Å². The summed E-state index contributed by atoms with van der Waals surface area (Å²) in [6, 6.07) is 15.1. The van der Waals surface area contributed by atoms with Gasteiger partial charge >= 0.3 is 5.97 Å². The average molecular weight is 339 g/mol. The highest BCUT2D eigenvalue weighted by atomic mass is 16.5. The van der Waals surface area contributed by atoms with Crippen LogP contribution in [0.15, 0.2) is 48.5 Å². The molecule has 2 aromatic carbocycles. The minimum Gasteiger partial charge on any atom is -0.497 e. The lowest BCUT2D eigenvalue weighted by Crippen LogP contribution is -2.45. The molecule has 130 valence electrons. The van der Waals surface area contributed by atoms with Crippen LogP contribution >= 0.6 is 0 Å². The lowest BCUT2D eigenvalue weighted by Gasteiger charge is -2.32. The Hall–Kier alpha value is -2.82. The van der Waals surface area contributed by atoms with E-state index >= 15 is 0 Å². The van der Waals surface area contributed by atoms with Crippen molar-refractivity contribution in [2.75, 3.05) is 19.5 Å². The van der Waals surface area contributed by atoms with Gasteiger partial charge in [-0.2, -0.15) is 0 Å². The maximum Gasteiger partial charge on any atom is 0.321 e. The second-order valence-electron chi connectivity index (χ2n) is 6.34. The van der Waals surface area contributed by atoms with Crippen molar-refractivity contribution in [3.8, 4) is 5.75 Å². The molecule has 0 aliphatic carbocycles. The van der Waals surface area contributed by atoms with Gasteiger partial charge in [0.25, 0.3) is 0 Å². The molecule has 0 aromatic heterocycles. The molecular weight excluding hydrogens is 318 g/mol. The number of hydrogen-bond donors (Lipinski definition) is 1. The number of ether oxygens (including phenoxy) is 2. The number of hydrogen-bond acceptors (Lipinski definition) is 4. The van der Waals surface area contributed by atoms with E-state index in [2.05, 4.69) is 5.32 Å². The molecule has 3 rings (SSSR count). The summed E-state index contributed by atoms with van der Waals surface area (Å²) in [7, 11) is 2.91. The molecule has 0 saturated heterocycles. The average Bonchev–Trinajstić information content (AvgIpc) is 2.76. The van der Waals surface area contributed by atoms with E-state index in [1.54, 1.807) is 14.0 Å². The molecule has 5 heteroatoms. The zero-order valence-corrected chi connectivity index (χ0v) is 14.5. The Balaban J connectivity index is 2.14. The number of rotatable bonds is 3. The summed E-state index contributed by atoms with van der Waals surface area (Å²) in [6.45, 7) is 1.65. The first-order chi connectivity index (χ1) is 12.0. The zero-order valence-electron chi connectivity index (χ0n) is 14.5. The van der Waals surface area contributed by atoms with Gasteiger partial charge in [-0.15, -0.1) is 0 Å². The van der Waals surface area contributed by atoms with Gasteiger partial charge in [0.2, 0.25) is 5.91 Å². The lowest BCUT2D eigenvalue weighted by atomic mass is 9.70. The van der Waals surface area contributed by atoms with Crippen molar-refractivity contribution in [2.45, 2.75) is 19.3 Å². The maximum atomic E-state index is 13.0. The van der Waals surface area contributed by atoms with E-state index in [4.69, 9.17) is 9.47 Å². The number of methoxy groups -OCH3 is 2. The Kier molecular flexibility index (Phi) is 4.49. The van der Waals surface area contributed by atoms with E-state index in [1.807, 2.05) is 48.5 Å². The Labute approximate surface area is 147 Å². The summed E-state index contributed by atoms with van der Waals surface area (Å²) < 4.78 is 10.2. The Morgan fingerprint density at radius 3 is 2.44 bits per heavy atom. The number of nitrogens with one attached hydrogen (secondary N) is 1. The second-order valence-corrected chi connectivity index (χ2v) is 6.34. The van der Waals surface area contributed by atoms with Gasteiger partial charge in [0.1, 0.15) is 5.75 Å². The van der Waals surface area contributed by atoms with Crippen LogP contribution < -0.4 is 10.1 Å². The van der Waals surface area contributed by atoms with Crippen molar-refractivity contribution >= 4 is 17.6 Å². The summed E-state index contributed by atoms with van der Waals surface area (Å²) in [5, 5.41) is 2.89. The SMILES string of the molecule is COC(=O)C1(C)C(=O)Nc2ccccc2CC1c1ccc(OC)cc1. The molecule has 2 atom stereocenters. The third-order valence-electron chi connectivity index (χ3n) is 4.99. The van der Waals surface area contributed by atoms with Gasteiger partial charge < -0.3 is 14.8 Å². The van der Waals surface area contributed by atoms with Crippen molar-refractivity contribution in [2.24, 2.45) is 5.41 Å². The Morgan fingerprint density at radius 1 is 1.12 bits per heavy atom. The molecule has 25 heavy (non-hydrogen) atoms. The third-order valence-corrected chi connectivity index (χ3v) is 4.99. The van der Waals surface area contributed by atoms with Gasteiger partial charge in [0, 0.05) is 11.6 Å². The molecule has 0 bridgehead atoms. The molecule has 1 amide bonds. The Bertz CT molecular complexity index is 800. The van der Waals surface area contributed by atoms with Gasteiger partial charge in [-0.05, 0) is 42.7 Å². The quantitative estimate of drug-likeness (QED) is 0.689. The number of fused-ring (bicyclic) bond motifs is 1. The highest BCUT2D eigenvalue weighted by molar-refractivity contribution is 6.10. The van der Waals surface area contributed by atoms with E-state index in [0.29, 0.717) is 6.42 Å². The molecule has 2 aromatic rings. The fourth-order valence-electron chi connectivity index (χ4n) is 3.39. The summed E-state index contributed by atoms with van der Waals surface area (Å²) in [5.74, 6) is -0.528. The molecule has 0 spiro atoms. The van der Waals surface area contributed by atoms with Crippen molar-refractivity contribution in [1.82, 2.24) is 0 Å². The highest BCUT2D eigenvalue weighted by Gasteiger charge is 2.51. The molecule has 2 unspecified atom stereocenters. The van der Waals surface area contributed by atoms with E-state index in [0.717, 1.165) is 22.6 Å². The maximum absolute atomic E-state index is 13.0. The molecule has 0 fully saturated rings. The molecule has 0 saturated carbocycles. The summed E-state index contributed by atoms with van der Waals surface area (Å²) in [4.78, 5) is 25.6. The summed E-state index contributed by atoms with van der Waals surface area (Å²) in [6.07, 6.45) is 0.548. The van der Waals surface area contributed by atoms with E-state index in [-0.39, 0.29) is 11.8 Å². The van der Waals surface area contributed by atoms with Crippen LogP contribution in [-0.4, -0.2) is 26.1 Å². The monoisotopic (exact) mass is 339 g/mol. The van der Waals surface area contributed by atoms with Crippen molar-refractivity contribution in [1.29, 1.82) is 0 Å². The van der Waals surface area contributed by atoms with Crippen LogP contribution in [0.5, 0.6) is 5.75 Å². The minimum absolute atomic E-state index is 0.352. The molecule has 1 N–H and O–H groups in total. The van der Waals surface area contributed by atoms with Crippen molar-refractivity contribution in [3.05, 3.63) is 59.7 Å². The lowest BCUT2D eigenvalue weighted by molar-refractivity contribution is -0.157. The van der Waals surface area contributed by atoms with E-state index < -0.39 is 11.4 Å². The van der Waals surface area contributed by atoms with E-state index in [1.165, 1.54) is 7.11 Å². The van der Waals surface area contributed by atoms with Gasteiger partial charge in [0.15, 0.2) is 5.41 Å². The number of benzene rings is 2. The summed E-state index contributed by atoms with van der Waals surface area (Å²) >= 11 is 0. The van der Waals surface area contributed by atoms with Gasteiger partial charge in [0.05, 0.1) is 14.2 Å². The fraction of sp³-hybridized carbons (Fsp3) is 0.300. The van der Waals surface area contributed by atoms with Crippen molar-refractivity contribution in [3.63, 3.8) is 0 Å². The minimum atomic E-state index is -1.33. The second kappa shape index (κ2) is 6.59. The number of carbonyl (C=O) groups excluding carboxylic acids is 2. The molecule has 5 nitrogen and oxygen atoms in total. The molecule has 0 radical (unpaired) electrons. The van der Waals surface area contributed by atoms with Gasteiger partial charge in [-0.1, -0.05) is 30.3 Å². The first-order valence-electron chi connectivity index (χ1n) is 8.12. The number of carbonyl (C=O) groups is 2. The molecule has 1 aliphatic heterocycles. The van der Waals surface area contributed by atoms with Crippen LogP contribution in [0.25, 0.3) is 0 Å². The predicted molar refractivity (Wildman–Crippen MR) is 94.6 cm³/mol. The van der Waals surface area contributed by atoms with Crippen LogP contribution in [0.3, 0.4) is 0 Å². The van der Waals surface area contributed by atoms with Gasteiger partial charge in [-0.25, -0.2) is 0 Å². The molecular formula is C20H21NO4. The van der Waals surface area contributed by atoms with Gasteiger partial charge in [-0.3, -0.25) is 9.59 Å². The van der Waals surface area contributed by atoms with Crippen LogP contribution in [0, 0.1) is 5.41 Å². The van der Waals surface area contributed by atoms with Crippen LogP contribution in [0.2, 0.25) is 0 Å². The smallest absolute Gasteiger partial charge is 0.321 e. The topological polar surface area (TPSA) is 64.6 Å². The normalized spacial score (nSPS) is 22.4. The number of anilines is 1. The summed E-state index contributed by atoms with van der Waals surface area (Å²) in [5.41, 5.74) is 1.28. The number of amides is 1. The zero-order chi connectivity index (χ0) is 18.0. The highest BCUT2D eigenvalue weighted by Crippen LogP contribution is 2.44. The van der Waals surface area contributed by atoms with Crippen LogP contribution in [0.1, 0.15) is 24.0 Å². The van der Waals surface area contributed by atoms with Crippen LogP contribution in [-0.2, 0) is 20.7 Å². The third kappa shape index (κ3) is 2.86. The Morgan fingerprint density at radius 2 is 1.80 bits per heavy atom. The standard InChI is InChI=1S/C20H21NO4/c1-20(19(23)25-3)16(13-8-10-15(24-2)11-9-13)12-14-6-4-5-7-17(14)21-18(20)22/h4-11,16H,12H2,1-3H3,(H,21,22). The molecule has 1 heterocycles. The van der Waals surface area contributed by atoms with Crippen molar-refractivity contribution < 1.29 is 19.1 Å². The first-order valence-corrected chi connectivity index (χ1v) is 8.12. The fourth-order valence-corrected chi connectivity index (χ4v) is 3.39. The first kappa shape index (κ1) is 17.0. The predicted octanol–water partition coefficient (Wildman–Crippen LogP) is 3.15.